The van der Waals surface area contributed by atoms with Crippen molar-refractivity contribution in [1.82, 2.24) is 0 Å². The highest BCUT2D eigenvalue weighted by molar-refractivity contribution is 7.92. The summed E-state index contributed by atoms with van der Waals surface area (Å²) in [5.41, 5.74) is 0.742. The largest absolute Gasteiger partial charge is 0.391 e. The Morgan fingerprint density at radius 2 is 1.69 bits per heavy atom. The van der Waals surface area contributed by atoms with Crippen molar-refractivity contribution in [2.75, 3.05) is 0 Å². The molecule has 10 atom stereocenters. The van der Waals surface area contributed by atoms with Crippen molar-refractivity contribution in [3.8, 4) is 0 Å². The molecule has 7 heteroatoms. The van der Waals surface area contributed by atoms with Gasteiger partial charge in [0, 0.05) is 0 Å². The minimum absolute atomic E-state index is 0.0714. The van der Waals surface area contributed by atoms with Crippen LogP contribution in [-0.2, 0) is 9.84 Å². The maximum absolute atomic E-state index is 13.9. The molecule has 1 aromatic carbocycles. The lowest BCUT2D eigenvalue weighted by molar-refractivity contribution is -0.172. The van der Waals surface area contributed by atoms with E-state index in [9.17, 15) is 26.7 Å². The molecule has 0 heterocycles. The summed E-state index contributed by atoms with van der Waals surface area (Å²) in [5.74, 6) is 0.150. The van der Waals surface area contributed by atoms with Crippen molar-refractivity contribution in [2.45, 2.75) is 107 Å². The van der Waals surface area contributed by atoms with Crippen molar-refractivity contribution in [2.24, 2.45) is 46.8 Å². The molecule has 0 aromatic heterocycles. The average Bonchev–Trinajstić information content (AvgIpc) is 3.23. The Hall–Kier alpha value is -1.34. The summed E-state index contributed by atoms with van der Waals surface area (Å²) >= 11 is 0. The van der Waals surface area contributed by atoms with Gasteiger partial charge >= 0.3 is 6.18 Å². The van der Waals surface area contributed by atoms with Crippen LogP contribution in [0, 0.1) is 46.8 Å². The molecule has 1 aromatic rings. The van der Waals surface area contributed by atoms with Crippen molar-refractivity contribution in [3.05, 3.63) is 42.0 Å². The maximum Gasteiger partial charge on any atom is 0.391 e. The molecule has 4 aliphatic carbocycles. The van der Waals surface area contributed by atoms with Crippen LogP contribution < -0.4 is 0 Å². The molecule has 0 saturated heterocycles. The molecule has 0 radical (unpaired) electrons. The lowest BCUT2D eigenvalue weighted by Crippen LogP contribution is -2.49. The van der Waals surface area contributed by atoms with E-state index in [2.05, 4.69) is 13.0 Å². The number of hydrogen-bond donors (Lipinski definition) is 1. The molecular weight excluding hydrogens is 521 g/mol. The molecule has 0 aliphatic heterocycles. The zero-order chi connectivity index (χ0) is 28.4. The van der Waals surface area contributed by atoms with Crippen molar-refractivity contribution < 1.29 is 26.7 Å². The topological polar surface area (TPSA) is 54.4 Å². The molecule has 0 spiro atoms. The standard InChI is InChI=1S/C32H45F3O3S/c1-20(32(33,34)35)18-29(39(37,38)23-8-6-5-7-9-23)21(2)27-12-13-28-26-11-10-22-19-30(3,36)16-14-24(22)25(26)15-17-31(27,28)4/h5-10,20-21,24-29,36H,11-19H2,1-4H3/t20-,21+,24+,25-,26-,27-,28?,29?,30+,31-/m1/s1. The van der Waals surface area contributed by atoms with Gasteiger partial charge < -0.3 is 5.11 Å². The lowest BCUT2D eigenvalue weighted by atomic mass is 9.50. The van der Waals surface area contributed by atoms with Gasteiger partial charge in [0.15, 0.2) is 9.84 Å². The second-order valence-corrected chi connectivity index (χ2v) is 16.1. The Morgan fingerprint density at radius 3 is 2.36 bits per heavy atom. The van der Waals surface area contributed by atoms with Crippen molar-refractivity contribution in [3.63, 3.8) is 0 Å². The van der Waals surface area contributed by atoms with Crippen LogP contribution in [0.2, 0.25) is 0 Å². The van der Waals surface area contributed by atoms with Crippen LogP contribution in [0.1, 0.15) is 85.5 Å². The third-order valence-corrected chi connectivity index (χ3v) is 14.0. The molecule has 3 fully saturated rings. The van der Waals surface area contributed by atoms with E-state index < -0.39 is 39.2 Å². The summed E-state index contributed by atoms with van der Waals surface area (Å²) in [6.45, 7) is 7.29. The van der Waals surface area contributed by atoms with E-state index in [4.69, 9.17) is 0 Å². The molecule has 3 nitrogen and oxygen atoms in total. The molecular formula is C32H45F3O3S. The Labute approximate surface area is 232 Å². The minimum atomic E-state index is -4.43. The molecule has 4 aliphatic rings. The van der Waals surface area contributed by atoms with E-state index in [1.54, 1.807) is 18.2 Å². The van der Waals surface area contributed by atoms with Crippen LogP contribution in [0.3, 0.4) is 0 Å². The highest BCUT2D eigenvalue weighted by Gasteiger charge is 2.58. The predicted molar refractivity (Wildman–Crippen MR) is 148 cm³/mol. The number of sulfone groups is 1. The average molecular weight is 567 g/mol. The maximum atomic E-state index is 13.9. The molecule has 0 bridgehead atoms. The third kappa shape index (κ3) is 5.24. The smallest absolute Gasteiger partial charge is 0.390 e. The van der Waals surface area contributed by atoms with E-state index in [1.165, 1.54) is 17.7 Å². The fraction of sp³-hybridized carbons (Fsp3) is 0.750. The van der Waals surface area contributed by atoms with E-state index in [1.807, 2.05) is 13.8 Å². The zero-order valence-corrected chi connectivity index (χ0v) is 24.6. The van der Waals surface area contributed by atoms with E-state index in [0.29, 0.717) is 23.7 Å². The number of aliphatic hydroxyl groups is 1. The molecule has 5 rings (SSSR count). The van der Waals surface area contributed by atoms with Crippen LogP contribution in [-0.4, -0.2) is 30.6 Å². The number of rotatable bonds is 6. The lowest BCUT2D eigenvalue weighted by Gasteiger charge is -2.55. The minimum Gasteiger partial charge on any atom is -0.390 e. The predicted octanol–water partition coefficient (Wildman–Crippen LogP) is 7.99. The van der Waals surface area contributed by atoms with Gasteiger partial charge in [-0.25, -0.2) is 8.42 Å². The Morgan fingerprint density at radius 1 is 1.00 bits per heavy atom. The first kappa shape index (κ1) is 29.2. The summed E-state index contributed by atoms with van der Waals surface area (Å²) in [5, 5.41) is 9.57. The number of halogens is 3. The quantitative estimate of drug-likeness (QED) is 0.355. The van der Waals surface area contributed by atoms with Gasteiger partial charge in [0.1, 0.15) is 0 Å². The fourth-order valence-corrected chi connectivity index (χ4v) is 11.7. The first-order chi connectivity index (χ1) is 18.1. The molecule has 0 amide bonds. The van der Waals surface area contributed by atoms with Gasteiger partial charge in [-0.1, -0.05) is 50.6 Å². The third-order valence-electron chi connectivity index (χ3n) is 11.6. The summed E-state index contributed by atoms with van der Waals surface area (Å²) < 4.78 is 69.0. The van der Waals surface area contributed by atoms with Gasteiger partial charge in [0.05, 0.1) is 21.7 Å². The molecule has 1 N–H and O–H groups in total. The van der Waals surface area contributed by atoms with Gasteiger partial charge in [0.25, 0.3) is 0 Å². The molecule has 3 saturated carbocycles. The van der Waals surface area contributed by atoms with Crippen molar-refractivity contribution >= 4 is 9.84 Å². The Kier molecular flexibility index (Phi) is 7.61. The summed E-state index contributed by atoms with van der Waals surface area (Å²) in [6.07, 6.45) is 5.16. The first-order valence-electron chi connectivity index (χ1n) is 14.9. The zero-order valence-electron chi connectivity index (χ0n) is 23.8. The van der Waals surface area contributed by atoms with Crippen LogP contribution in [0.5, 0.6) is 0 Å². The molecule has 218 valence electrons. The Balaban J connectivity index is 1.43. The SMILES string of the molecule is C[C@H](C(C[C@@H](C)C(F)(F)F)S(=O)(=O)c1ccccc1)[C@H]1CCC2[C@@H]3CC=C4C[C@@](C)(O)CC[C@@H]4[C@H]3CC[C@@]21C. The van der Waals surface area contributed by atoms with E-state index in [0.717, 1.165) is 58.3 Å². The molecule has 39 heavy (non-hydrogen) atoms. The number of benzene rings is 1. The molecule has 2 unspecified atom stereocenters. The van der Waals surface area contributed by atoms with Gasteiger partial charge in [-0.3, -0.25) is 0 Å². The van der Waals surface area contributed by atoms with Gasteiger partial charge in [0.2, 0.25) is 0 Å². The monoisotopic (exact) mass is 566 g/mol. The van der Waals surface area contributed by atoms with Crippen LogP contribution in [0.15, 0.2) is 46.9 Å². The van der Waals surface area contributed by atoms with Gasteiger partial charge in [-0.2, -0.15) is 13.2 Å². The van der Waals surface area contributed by atoms with Crippen LogP contribution >= 0.6 is 0 Å². The second-order valence-electron chi connectivity index (χ2n) is 13.9. The Bertz CT molecular complexity index is 1170. The van der Waals surface area contributed by atoms with E-state index in [-0.39, 0.29) is 22.1 Å². The van der Waals surface area contributed by atoms with Gasteiger partial charge in [-0.15, -0.1) is 0 Å². The number of hydrogen-bond acceptors (Lipinski definition) is 3. The van der Waals surface area contributed by atoms with Gasteiger partial charge in [-0.05, 0) is 118 Å². The van der Waals surface area contributed by atoms with Crippen LogP contribution in [0.25, 0.3) is 0 Å². The van der Waals surface area contributed by atoms with E-state index >= 15 is 0 Å². The first-order valence-corrected chi connectivity index (χ1v) is 16.5. The second kappa shape index (κ2) is 10.2. The highest BCUT2D eigenvalue weighted by Crippen LogP contribution is 2.65. The summed E-state index contributed by atoms with van der Waals surface area (Å²) in [7, 11) is -3.94. The summed E-state index contributed by atoms with van der Waals surface area (Å²) in [4.78, 5) is 0.123. The van der Waals surface area contributed by atoms with Crippen LogP contribution in [0.4, 0.5) is 13.2 Å². The number of allylic oxidation sites excluding steroid dienone is 1. The van der Waals surface area contributed by atoms with Crippen molar-refractivity contribution in [1.29, 1.82) is 0 Å². The highest BCUT2D eigenvalue weighted by atomic mass is 32.2. The number of alkyl halides is 3. The summed E-state index contributed by atoms with van der Waals surface area (Å²) in [6, 6.07) is 8.06. The fourth-order valence-electron chi connectivity index (χ4n) is 9.52. The number of fused-ring (bicyclic) bond motifs is 5. The normalized spacial score (nSPS) is 39.1.